The zero-order valence-electron chi connectivity index (χ0n) is 21.0. The maximum Gasteiger partial charge on any atom is 0.338 e. The minimum Gasteiger partial charge on any atom is -0.463 e. The van der Waals surface area contributed by atoms with Crippen LogP contribution in [0.3, 0.4) is 0 Å². The molecule has 0 aliphatic heterocycles. The number of ether oxygens (including phenoxy) is 3. The van der Waals surface area contributed by atoms with Gasteiger partial charge in [0.15, 0.2) is 0 Å². The van der Waals surface area contributed by atoms with Crippen LogP contribution in [0.2, 0.25) is 0 Å². The van der Waals surface area contributed by atoms with Crippen molar-refractivity contribution < 1.29 is 28.6 Å². The molecule has 192 valence electrons. The molecule has 0 spiro atoms. The second-order valence-electron chi connectivity index (χ2n) is 9.97. The van der Waals surface area contributed by atoms with Gasteiger partial charge in [0.1, 0.15) is 5.75 Å². The van der Waals surface area contributed by atoms with Crippen molar-refractivity contribution in [1.29, 1.82) is 0 Å². The standard InChI is InChI=1S/C29H40O6/c1-3-21-10-12-22(13-11-21)24-8-7-9-25(20-24)29(32)35-26-16-14-23(15-17-26)28(31)34-19-6-5-18-33-27(30)4-2/h4,14-17,21-22,24-25H,2-3,5-13,18-20H2,1H3. The molecule has 0 heterocycles. The third kappa shape index (κ3) is 8.52. The van der Waals surface area contributed by atoms with E-state index in [1.54, 1.807) is 24.3 Å². The predicted molar refractivity (Wildman–Crippen MR) is 134 cm³/mol. The third-order valence-corrected chi connectivity index (χ3v) is 7.67. The van der Waals surface area contributed by atoms with Gasteiger partial charge in [0.25, 0.3) is 0 Å². The summed E-state index contributed by atoms with van der Waals surface area (Å²) in [7, 11) is 0. The first-order chi connectivity index (χ1) is 17.0. The van der Waals surface area contributed by atoms with Crippen molar-refractivity contribution in [3.05, 3.63) is 42.5 Å². The number of benzene rings is 1. The third-order valence-electron chi connectivity index (χ3n) is 7.67. The first-order valence-electron chi connectivity index (χ1n) is 13.3. The molecule has 2 fully saturated rings. The summed E-state index contributed by atoms with van der Waals surface area (Å²) in [5, 5.41) is 0. The SMILES string of the molecule is C=CC(=O)OCCCCOC(=O)c1ccc(OC(=O)C2CCCC(C3CCC(CC)CC3)C2)cc1. The molecule has 0 saturated heterocycles. The van der Waals surface area contributed by atoms with E-state index >= 15 is 0 Å². The van der Waals surface area contributed by atoms with Crippen LogP contribution in [0, 0.1) is 23.7 Å². The lowest BCUT2D eigenvalue weighted by atomic mass is 9.68. The number of hydrogen-bond donors (Lipinski definition) is 0. The lowest BCUT2D eigenvalue weighted by Crippen LogP contribution is -2.31. The van der Waals surface area contributed by atoms with E-state index in [1.807, 2.05) is 0 Å². The van der Waals surface area contributed by atoms with Crippen molar-refractivity contribution in [2.24, 2.45) is 23.7 Å². The topological polar surface area (TPSA) is 78.9 Å². The van der Waals surface area contributed by atoms with E-state index in [9.17, 15) is 14.4 Å². The van der Waals surface area contributed by atoms with Gasteiger partial charge >= 0.3 is 17.9 Å². The van der Waals surface area contributed by atoms with E-state index in [0.29, 0.717) is 30.1 Å². The number of esters is 3. The Morgan fingerprint density at radius 3 is 2.26 bits per heavy atom. The van der Waals surface area contributed by atoms with Gasteiger partial charge < -0.3 is 14.2 Å². The fourth-order valence-corrected chi connectivity index (χ4v) is 5.48. The van der Waals surface area contributed by atoms with E-state index in [-0.39, 0.29) is 25.1 Å². The molecule has 3 rings (SSSR count). The van der Waals surface area contributed by atoms with Crippen molar-refractivity contribution in [3.8, 4) is 5.75 Å². The van der Waals surface area contributed by atoms with E-state index in [4.69, 9.17) is 14.2 Å². The monoisotopic (exact) mass is 484 g/mol. The Labute approximate surface area is 209 Å². The molecular formula is C29H40O6. The molecule has 2 aliphatic rings. The molecular weight excluding hydrogens is 444 g/mol. The van der Waals surface area contributed by atoms with Crippen molar-refractivity contribution in [3.63, 3.8) is 0 Å². The molecule has 2 atom stereocenters. The number of carbonyl (C=O) groups excluding carboxylic acids is 3. The second kappa shape index (κ2) is 14.1. The maximum atomic E-state index is 12.9. The maximum absolute atomic E-state index is 12.9. The zero-order chi connectivity index (χ0) is 25.0. The molecule has 1 aromatic rings. The highest BCUT2D eigenvalue weighted by Crippen LogP contribution is 2.42. The Balaban J connectivity index is 1.39. The minimum absolute atomic E-state index is 0.0342. The molecule has 0 amide bonds. The van der Waals surface area contributed by atoms with Crippen LogP contribution in [0.4, 0.5) is 0 Å². The normalized spacial score (nSPS) is 24.3. The summed E-state index contributed by atoms with van der Waals surface area (Å²) in [4.78, 5) is 36.0. The average molecular weight is 485 g/mol. The molecule has 2 unspecified atom stereocenters. The van der Waals surface area contributed by atoms with Crippen LogP contribution < -0.4 is 4.74 Å². The van der Waals surface area contributed by atoms with Crippen LogP contribution in [-0.2, 0) is 19.1 Å². The predicted octanol–water partition coefficient (Wildman–Crippen LogP) is 6.28. The van der Waals surface area contributed by atoms with E-state index in [2.05, 4.69) is 13.5 Å². The Hall–Kier alpha value is -2.63. The quantitative estimate of drug-likeness (QED) is 0.159. The highest BCUT2D eigenvalue weighted by molar-refractivity contribution is 5.89. The summed E-state index contributed by atoms with van der Waals surface area (Å²) in [5.74, 6) is 1.69. The number of unbranched alkanes of at least 4 members (excludes halogenated alkanes) is 1. The summed E-state index contributed by atoms with van der Waals surface area (Å²) in [6.45, 7) is 6.13. The fraction of sp³-hybridized carbons (Fsp3) is 0.621. The van der Waals surface area contributed by atoms with Crippen LogP contribution in [-0.4, -0.2) is 31.1 Å². The molecule has 0 aromatic heterocycles. The van der Waals surface area contributed by atoms with Crippen LogP contribution in [0.1, 0.15) is 87.9 Å². The van der Waals surface area contributed by atoms with Crippen LogP contribution >= 0.6 is 0 Å². The van der Waals surface area contributed by atoms with Gasteiger partial charge in [-0.25, -0.2) is 9.59 Å². The summed E-state index contributed by atoms with van der Waals surface area (Å²) < 4.78 is 15.8. The summed E-state index contributed by atoms with van der Waals surface area (Å²) in [6.07, 6.45) is 13.1. The molecule has 0 bridgehead atoms. The highest BCUT2D eigenvalue weighted by atomic mass is 16.5. The largest absolute Gasteiger partial charge is 0.463 e. The van der Waals surface area contributed by atoms with Gasteiger partial charge in [0, 0.05) is 6.08 Å². The minimum atomic E-state index is -0.458. The highest BCUT2D eigenvalue weighted by Gasteiger charge is 2.34. The molecule has 0 N–H and O–H groups in total. The molecule has 35 heavy (non-hydrogen) atoms. The molecule has 0 radical (unpaired) electrons. The van der Waals surface area contributed by atoms with Gasteiger partial charge in [-0.15, -0.1) is 0 Å². The summed E-state index contributed by atoms with van der Waals surface area (Å²) >= 11 is 0. The van der Waals surface area contributed by atoms with E-state index in [1.165, 1.54) is 38.5 Å². The Bertz CT molecular complexity index is 837. The molecule has 2 aliphatic carbocycles. The van der Waals surface area contributed by atoms with Crippen molar-refractivity contribution in [2.75, 3.05) is 13.2 Å². The van der Waals surface area contributed by atoms with Gasteiger partial charge in [-0.3, -0.25) is 4.79 Å². The Kier molecular flexibility index (Phi) is 10.8. The number of hydrogen-bond acceptors (Lipinski definition) is 6. The van der Waals surface area contributed by atoms with Gasteiger partial charge in [-0.1, -0.05) is 45.6 Å². The van der Waals surface area contributed by atoms with E-state index < -0.39 is 11.9 Å². The van der Waals surface area contributed by atoms with Gasteiger partial charge in [-0.05, 0) is 80.5 Å². The second-order valence-corrected chi connectivity index (χ2v) is 9.97. The van der Waals surface area contributed by atoms with Crippen molar-refractivity contribution >= 4 is 17.9 Å². The van der Waals surface area contributed by atoms with Crippen molar-refractivity contribution in [1.82, 2.24) is 0 Å². The van der Waals surface area contributed by atoms with Crippen LogP contribution in [0.15, 0.2) is 36.9 Å². The molecule has 1 aromatic carbocycles. The fourth-order valence-electron chi connectivity index (χ4n) is 5.48. The smallest absolute Gasteiger partial charge is 0.338 e. The lowest BCUT2D eigenvalue weighted by Gasteiger charge is -2.37. The first-order valence-corrected chi connectivity index (χ1v) is 13.3. The molecule has 6 heteroatoms. The Morgan fingerprint density at radius 1 is 0.914 bits per heavy atom. The van der Waals surface area contributed by atoms with Gasteiger partial charge in [0.2, 0.25) is 0 Å². The Morgan fingerprint density at radius 2 is 1.60 bits per heavy atom. The average Bonchev–Trinajstić information content (AvgIpc) is 2.90. The van der Waals surface area contributed by atoms with Crippen LogP contribution in [0.5, 0.6) is 5.75 Å². The zero-order valence-corrected chi connectivity index (χ0v) is 21.0. The first kappa shape index (κ1) is 27.0. The number of rotatable bonds is 11. The lowest BCUT2D eigenvalue weighted by molar-refractivity contribution is -0.141. The van der Waals surface area contributed by atoms with Crippen molar-refractivity contribution in [2.45, 2.75) is 77.6 Å². The molecule has 6 nitrogen and oxygen atoms in total. The number of carbonyl (C=O) groups is 3. The molecule has 2 saturated carbocycles. The van der Waals surface area contributed by atoms with Gasteiger partial charge in [-0.2, -0.15) is 0 Å². The van der Waals surface area contributed by atoms with Crippen LogP contribution in [0.25, 0.3) is 0 Å². The summed E-state index contributed by atoms with van der Waals surface area (Å²) in [5.41, 5.74) is 0.406. The van der Waals surface area contributed by atoms with Gasteiger partial charge in [0.05, 0.1) is 24.7 Å². The van der Waals surface area contributed by atoms with E-state index in [0.717, 1.165) is 37.2 Å². The summed E-state index contributed by atoms with van der Waals surface area (Å²) in [6, 6.07) is 6.53.